The molecule has 1 heterocycles. The summed E-state index contributed by atoms with van der Waals surface area (Å²) in [7, 11) is 0. The Bertz CT molecular complexity index is 219. The number of carbonyl (C=O) groups excluding carboxylic acids is 1. The summed E-state index contributed by atoms with van der Waals surface area (Å²) < 4.78 is 10.4. The number of esters is 1. The molecular weight excluding hydrogens is 196 g/mol. The fourth-order valence-electron chi connectivity index (χ4n) is 1.58. The van der Waals surface area contributed by atoms with Gasteiger partial charge in [0.05, 0.1) is 19.1 Å². The van der Waals surface area contributed by atoms with Crippen molar-refractivity contribution in [2.45, 2.75) is 45.3 Å². The Morgan fingerprint density at radius 1 is 1.53 bits per heavy atom. The van der Waals surface area contributed by atoms with Crippen molar-refractivity contribution in [3.05, 3.63) is 0 Å². The lowest BCUT2D eigenvalue weighted by Crippen LogP contribution is -2.35. The molecule has 0 bridgehead atoms. The molecule has 0 aromatic heterocycles. The second-order valence-electron chi connectivity index (χ2n) is 4.98. The van der Waals surface area contributed by atoms with Crippen molar-refractivity contribution in [2.24, 2.45) is 5.92 Å². The maximum Gasteiger partial charge on any atom is 0.306 e. The minimum Gasteiger partial charge on any atom is -0.460 e. The zero-order chi connectivity index (χ0) is 11.5. The minimum absolute atomic E-state index is 0.117. The van der Waals surface area contributed by atoms with Crippen LogP contribution in [0.4, 0.5) is 0 Å². The van der Waals surface area contributed by atoms with Crippen LogP contribution in [-0.2, 0) is 14.3 Å². The van der Waals surface area contributed by atoms with E-state index >= 15 is 0 Å². The number of hydrogen-bond acceptors (Lipinski definition) is 4. The minimum atomic E-state index is -0.461. The van der Waals surface area contributed by atoms with Gasteiger partial charge in [0.2, 0.25) is 0 Å². The van der Waals surface area contributed by atoms with Gasteiger partial charge < -0.3 is 14.6 Å². The van der Waals surface area contributed by atoms with E-state index in [0.717, 1.165) is 0 Å². The van der Waals surface area contributed by atoms with Crippen LogP contribution in [0.25, 0.3) is 0 Å². The highest BCUT2D eigenvalue weighted by molar-refractivity contribution is 5.70. The fraction of sp³-hybridized carbons (Fsp3) is 0.909. The highest BCUT2D eigenvalue weighted by atomic mass is 16.6. The molecule has 0 aliphatic carbocycles. The number of hydrogen-bond donors (Lipinski definition) is 1. The highest BCUT2D eigenvalue weighted by Crippen LogP contribution is 2.20. The lowest BCUT2D eigenvalue weighted by Gasteiger charge is -2.28. The predicted octanol–water partition coefficient (Wildman–Crippen LogP) is 1.12. The van der Waals surface area contributed by atoms with E-state index < -0.39 is 11.7 Å². The Morgan fingerprint density at radius 3 is 2.73 bits per heavy atom. The van der Waals surface area contributed by atoms with Crippen LogP contribution >= 0.6 is 0 Å². The van der Waals surface area contributed by atoms with E-state index in [1.165, 1.54) is 0 Å². The summed E-state index contributed by atoms with van der Waals surface area (Å²) in [5, 5.41) is 9.63. The van der Waals surface area contributed by atoms with Crippen LogP contribution in [0.1, 0.15) is 33.6 Å². The first-order valence-electron chi connectivity index (χ1n) is 5.36. The van der Waals surface area contributed by atoms with E-state index in [1.807, 2.05) is 20.8 Å². The van der Waals surface area contributed by atoms with Crippen molar-refractivity contribution >= 4 is 5.97 Å². The number of ether oxygens (including phenoxy) is 2. The Kier molecular flexibility index (Phi) is 4.11. The normalized spacial score (nSPS) is 27.5. The van der Waals surface area contributed by atoms with Crippen molar-refractivity contribution in [2.75, 3.05) is 13.2 Å². The first-order valence-corrected chi connectivity index (χ1v) is 5.36. The fourth-order valence-corrected chi connectivity index (χ4v) is 1.58. The molecule has 15 heavy (non-hydrogen) atoms. The van der Waals surface area contributed by atoms with Crippen LogP contribution < -0.4 is 0 Å². The zero-order valence-electron chi connectivity index (χ0n) is 9.66. The standard InChI is InChI=1S/C11H20O4/c1-11(2,3)15-10(13)6-8-7-14-5-4-9(8)12/h8-9,12H,4-7H2,1-3H3/t8-,9-/m0/s1. The predicted molar refractivity (Wildman–Crippen MR) is 55.4 cm³/mol. The van der Waals surface area contributed by atoms with Crippen molar-refractivity contribution in [1.82, 2.24) is 0 Å². The van der Waals surface area contributed by atoms with E-state index in [9.17, 15) is 9.90 Å². The zero-order valence-corrected chi connectivity index (χ0v) is 9.66. The number of aliphatic hydroxyl groups excluding tert-OH is 1. The largest absolute Gasteiger partial charge is 0.460 e. The smallest absolute Gasteiger partial charge is 0.306 e. The molecule has 88 valence electrons. The molecule has 0 aromatic carbocycles. The summed E-state index contributed by atoms with van der Waals surface area (Å²) in [6.45, 7) is 6.52. The third kappa shape index (κ3) is 4.62. The van der Waals surface area contributed by atoms with Crippen molar-refractivity contribution in [3.8, 4) is 0 Å². The Balaban J connectivity index is 2.36. The molecule has 0 unspecified atom stereocenters. The first kappa shape index (κ1) is 12.5. The molecule has 0 aromatic rings. The lowest BCUT2D eigenvalue weighted by molar-refractivity contribution is -0.159. The van der Waals surface area contributed by atoms with Crippen molar-refractivity contribution in [1.29, 1.82) is 0 Å². The number of aliphatic hydroxyl groups is 1. The van der Waals surface area contributed by atoms with Gasteiger partial charge >= 0.3 is 5.97 Å². The summed E-state index contributed by atoms with van der Waals surface area (Å²) in [5.41, 5.74) is -0.461. The van der Waals surface area contributed by atoms with Crippen molar-refractivity contribution < 1.29 is 19.4 Å². The third-order valence-corrected chi connectivity index (χ3v) is 2.28. The van der Waals surface area contributed by atoms with E-state index in [2.05, 4.69) is 0 Å². The van der Waals surface area contributed by atoms with E-state index in [1.54, 1.807) is 0 Å². The van der Waals surface area contributed by atoms with Gasteiger partial charge in [0.25, 0.3) is 0 Å². The summed E-state index contributed by atoms with van der Waals surface area (Å²) >= 11 is 0. The van der Waals surface area contributed by atoms with Gasteiger partial charge in [-0.15, -0.1) is 0 Å². The maximum absolute atomic E-state index is 11.5. The molecule has 1 fully saturated rings. The van der Waals surface area contributed by atoms with Crippen LogP contribution in [0.15, 0.2) is 0 Å². The molecule has 2 atom stereocenters. The van der Waals surface area contributed by atoms with Gasteiger partial charge in [-0.1, -0.05) is 0 Å². The van der Waals surface area contributed by atoms with Gasteiger partial charge in [-0.25, -0.2) is 0 Å². The summed E-state index contributed by atoms with van der Waals surface area (Å²) in [4.78, 5) is 11.5. The summed E-state index contributed by atoms with van der Waals surface area (Å²) in [6, 6.07) is 0. The first-order chi connectivity index (χ1) is 6.88. The molecule has 4 nitrogen and oxygen atoms in total. The Morgan fingerprint density at radius 2 is 2.20 bits per heavy atom. The topological polar surface area (TPSA) is 55.8 Å². The molecule has 1 N–H and O–H groups in total. The van der Waals surface area contributed by atoms with Gasteiger partial charge in [0, 0.05) is 12.5 Å². The maximum atomic E-state index is 11.5. The number of rotatable bonds is 2. The van der Waals surface area contributed by atoms with Crippen LogP contribution in [0.5, 0.6) is 0 Å². The van der Waals surface area contributed by atoms with Gasteiger partial charge in [-0.3, -0.25) is 4.79 Å². The lowest BCUT2D eigenvalue weighted by atomic mass is 9.95. The second kappa shape index (κ2) is 4.94. The molecule has 4 heteroatoms. The van der Waals surface area contributed by atoms with Crippen LogP contribution in [0.3, 0.4) is 0 Å². The third-order valence-electron chi connectivity index (χ3n) is 2.28. The molecule has 1 aliphatic rings. The second-order valence-corrected chi connectivity index (χ2v) is 4.98. The Hall–Kier alpha value is -0.610. The molecule has 0 radical (unpaired) electrons. The van der Waals surface area contributed by atoms with Crippen LogP contribution in [0.2, 0.25) is 0 Å². The van der Waals surface area contributed by atoms with Gasteiger partial charge in [0.15, 0.2) is 0 Å². The van der Waals surface area contributed by atoms with E-state index in [4.69, 9.17) is 9.47 Å². The quantitative estimate of drug-likeness (QED) is 0.703. The van der Waals surface area contributed by atoms with Crippen molar-refractivity contribution in [3.63, 3.8) is 0 Å². The molecule has 1 aliphatic heterocycles. The average Bonchev–Trinajstić information content (AvgIpc) is 2.05. The Labute approximate surface area is 90.6 Å². The highest BCUT2D eigenvalue weighted by Gasteiger charge is 2.28. The molecule has 0 amide bonds. The average molecular weight is 216 g/mol. The molecule has 0 saturated carbocycles. The molecular formula is C11H20O4. The van der Waals surface area contributed by atoms with Crippen LogP contribution in [-0.4, -0.2) is 36.0 Å². The van der Waals surface area contributed by atoms with Crippen LogP contribution in [0, 0.1) is 5.92 Å². The molecule has 1 rings (SSSR count). The van der Waals surface area contributed by atoms with Gasteiger partial charge in [-0.05, 0) is 27.2 Å². The molecule has 1 saturated heterocycles. The van der Waals surface area contributed by atoms with Gasteiger partial charge in [0.1, 0.15) is 5.60 Å². The molecule has 0 spiro atoms. The SMILES string of the molecule is CC(C)(C)OC(=O)C[C@H]1COCC[C@@H]1O. The summed E-state index contributed by atoms with van der Waals surface area (Å²) in [6.07, 6.45) is 0.401. The monoisotopic (exact) mass is 216 g/mol. The number of carbonyl (C=O) groups is 1. The summed E-state index contributed by atoms with van der Waals surface area (Å²) in [5.74, 6) is -0.384. The van der Waals surface area contributed by atoms with E-state index in [-0.39, 0.29) is 18.3 Å². The van der Waals surface area contributed by atoms with Gasteiger partial charge in [-0.2, -0.15) is 0 Å². The van der Waals surface area contributed by atoms with E-state index in [0.29, 0.717) is 19.6 Å².